The summed E-state index contributed by atoms with van der Waals surface area (Å²) in [5.74, 6) is -0.345. The highest BCUT2D eigenvalue weighted by Gasteiger charge is 2.27. The van der Waals surface area contributed by atoms with Crippen LogP contribution in [-0.2, 0) is 14.8 Å². The number of rotatable bonds is 8. The predicted octanol–water partition coefficient (Wildman–Crippen LogP) is 5.11. The first-order chi connectivity index (χ1) is 14.8. The number of nitrogens with zero attached hydrogens (tertiary/aromatic N) is 1. The number of benzene rings is 3. The molecule has 0 heterocycles. The fourth-order valence-electron chi connectivity index (χ4n) is 3.03. The zero-order chi connectivity index (χ0) is 22.4. The monoisotopic (exact) mass is 476 g/mol. The number of hydrogen-bond donors (Lipinski definition) is 1. The average Bonchev–Trinajstić information content (AvgIpc) is 2.79. The zero-order valence-corrected chi connectivity index (χ0v) is 19.2. The van der Waals surface area contributed by atoms with Gasteiger partial charge in [-0.2, -0.15) is 0 Å². The lowest BCUT2D eigenvalue weighted by atomic mass is 10.0. The molecule has 0 aromatic heterocycles. The summed E-state index contributed by atoms with van der Waals surface area (Å²) < 4.78 is 27.6. The third-order valence-corrected chi connectivity index (χ3v) is 7.31. The Hall–Kier alpha value is -2.54. The molecule has 0 aliphatic carbocycles. The molecule has 0 radical (unpaired) electrons. The van der Waals surface area contributed by atoms with Gasteiger partial charge in [0, 0.05) is 6.54 Å². The van der Waals surface area contributed by atoms with Gasteiger partial charge in [0.1, 0.15) is 6.54 Å². The van der Waals surface area contributed by atoms with Crippen molar-refractivity contribution in [3.05, 3.63) is 94.5 Å². The van der Waals surface area contributed by atoms with Gasteiger partial charge in [-0.15, -0.1) is 0 Å². The van der Waals surface area contributed by atoms with Crippen molar-refractivity contribution in [1.29, 1.82) is 0 Å². The summed E-state index contributed by atoms with van der Waals surface area (Å²) in [5.41, 5.74) is 1.34. The van der Waals surface area contributed by atoms with E-state index in [1.807, 2.05) is 37.3 Å². The Morgan fingerprint density at radius 1 is 0.935 bits per heavy atom. The topological polar surface area (TPSA) is 66.5 Å². The summed E-state index contributed by atoms with van der Waals surface area (Å²) >= 11 is 12.1. The third kappa shape index (κ3) is 5.79. The van der Waals surface area contributed by atoms with Crippen LogP contribution in [-0.4, -0.2) is 27.4 Å². The van der Waals surface area contributed by atoms with Gasteiger partial charge >= 0.3 is 0 Å². The van der Waals surface area contributed by atoms with Crippen molar-refractivity contribution < 1.29 is 13.2 Å². The Kier molecular flexibility index (Phi) is 7.59. The first-order valence-electron chi connectivity index (χ1n) is 9.63. The van der Waals surface area contributed by atoms with Gasteiger partial charge in [0.05, 0.1) is 20.6 Å². The van der Waals surface area contributed by atoms with Gasteiger partial charge in [-0.3, -0.25) is 9.10 Å². The van der Waals surface area contributed by atoms with Crippen molar-refractivity contribution in [2.75, 3.05) is 17.4 Å². The third-order valence-electron chi connectivity index (χ3n) is 4.78. The highest BCUT2D eigenvalue weighted by atomic mass is 35.5. The lowest BCUT2D eigenvalue weighted by molar-refractivity contribution is -0.119. The molecule has 1 N–H and O–H groups in total. The van der Waals surface area contributed by atoms with Crippen molar-refractivity contribution in [1.82, 2.24) is 5.32 Å². The van der Waals surface area contributed by atoms with E-state index in [2.05, 4.69) is 5.32 Å². The summed E-state index contributed by atoms with van der Waals surface area (Å²) in [4.78, 5) is 12.8. The number of carbonyl (C=O) groups excluding carboxylic acids is 1. The van der Waals surface area contributed by atoms with Crippen LogP contribution >= 0.6 is 23.2 Å². The molecule has 5 nitrogen and oxygen atoms in total. The maximum absolute atomic E-state index is 13.3. The minimum Gasteiger partial charge on any atom is -0.354 e. The standard InChI is InChI=1S/C23H22Cl2N2O3S/c1-17(18-8-4-2-5-9-18)15-26-23(28)16-27(19-12-13-21(24)22(25)14-19)31(29,30)20-10-6-3-7-11-20/h2-14,17H,15-16H2,1H3,(H,26,28)/t17-/m0/s1. The molecule has 0 spiro atoms. The second-order valence-electron chi connectivity index (χ2n) is 7.04. The lowest BCUT2D eigenvalue weighted by Crippen LogP contribution is -2.41. The SMILES string of the molecule is C[C@@H](CNC(=O)CN(c1ccc(Cl)c(Cl)c1)S(=O)(=O)c1ccccc1)c1ccccc1. The van der Waals surface area contributed by atoms with Crippen LogP contribution in [0.3, 0.4) is 0 Å². The van der Waals surface area contributed by atoms with Crippen molar-refractivity contribution in [2.45, 2.75) is 17.7 Å². The Morgan fingerprint density at radius 3 is 2.16 bits per heavy atom. The summed E-state index contributed by atoms with van der Waals surface area (Å²) in [6.45, 7) is 1.98. The minimum atomic E-state index is -4.00. The smallest absolute Gasteiger partial charge is 0.264 e. The fourth-order valence-corrected chi connectivity index (χ4v) is 4.75. The van der Waals surface area contributed by atoms with Crippen molar-refractivity contribution >= 4 is 44.8 Å². The van der Waals surface area contributed by atoms with Gasteiger partial charge in [-0.25, -0.2) is 8.42 Å². The van der Waals surface area contributed by atoms with Crippen molar-refractivity contribution in [2.24, 2.45) is 0 Å². The van der Waals surface area contributed by atoms with E-state index in [1.54, 1.807) is 18.2 Å². The maximum Gasteiger partial charge on any atom is 0.264 e. The van der Waals surface area contributed by atoms with E-state index in [-0.39, 0.29) is 21.5 Å². The van der Waals surface area contributed by atoms with Gasteiger partial charge in [-0.05, 0) is 41.8 Å². The molecule has 1 atom stereocenters. The molecular formula is C23H22Cl2N2O3S. The lowest BCUT2D eigenvalue weighted by Gasteiger charge is -2.25. The summed E-state index contributed by atoms with van der Waals surface area (Å²) in [6, 6.07) is 22.2. The molecule has 0 bridgehead atoms. The van der Waals surface area contributed by atoms with E-state index >= 15 is 0 Å². The predicted molar refractivity (Wildman–Crippen MR) is 125 cm³/mol. The first-order valence-corrected chi connectivity index (χ1v) is 11.8. The molecule has 162 valence electrons. The number of anilines is 1. The van der Waals surface area contributed by atoms with Crippen molar-refractivity contribution in [3.63, 3.8) is 0 Å². The molecule has 0 fully saturated rings. The van der Waals surface area contributed by atoms with Crippen LogP contribution in [0.15, 0.2) is 83.8 Å². The molecule has 0 aliphatic rings. The van der Waals surface area contributed by atoms with E-state index in [4.69, 9.17) is 23.2 Å². The molecule has 31 heavy (non-hydrogen) atoms. The van der Waals surface area contributed by atoms with E-state index in [1.165, 1.54) is 30.3 Å². The van der Waals surface area contributed by atoms with E-state index in [9.17, 15) is 13.2 Å². The molecule has 3 aromatic rings. The molecule has 0 saturated carbocycles. The fraction of sp³-hybridized carbons (Fsp3) is 0.174. The van der Waals surface area contributed by atoms with E-state index < -0.39 is 22.5 Å². The van der Waals surface area contributed by atoms with Crippen LogP contribution in [0.25, 0.3) is 0 Å². The average molecular weight is 477 g/mol. The van der Waals surface area contributed by atoms with Gasteiger partial charge in [0.15, 0.2) is 0 Å². The number of carbonyl (C=O) groups is 1. The molecule has 3 aromatic carbocycles. The number of amides is 1. The quantitative estimate of drug-likeness (QED) is 0.491. The second-order valence-corrected chi connectivity index (χ2v) is 9.72. The summed E-state index contributed by atoms with van der Waals surface area (Å²) in [7, 11) is -4.00. The van der Waals surface area contributed by atoms with Crippen LogP contribution in [0.5, 0.6) is 0 Å². The van der Waals surface area contributed by atoms with Gasteiger partial charge in [0.25, 0.3) is 10.0 Å². The Bertz CT molecular complexity index is 1140. The Morgan fingerprint density at radius 2 is 1.55 bits per heavy atom. The van der Waals surface area contributed by atoms with E-state index in [0.717, 1.165) is 9.87 Å². The first kappa shape index (κ1) is 23.1. The molecular weight excluding hydrogens is 455 g/mol. The Balaban J connectivity index is 1.83. The van der Waals surface area contributed by atoms with Gasteiger partial charge < -0.3 is 5.32 Å². The molecule has 0 saturated heterocycles. The molecule has 0 unspecified atom stereocenters. The number of sulfonamides is 1. The normalized spacial score (nSPS) is 12.2. The number of hydrogen-bond acceptors (Lipinski definition) is 3. The zero-order valence-electron chi connectivity index (χ0n) is 16.8. The molecule has 1 amide bonds. The highest BCUT2D eigenvalue weighted by Crippen LogP contribution is 2.30. The van der Waals surface area contributed by atoms with Gasteiger partial charge in [0.2, 0.25) is 5.91 Å². The molecule has 3 rings (SSSR count). The van der Waals surface area contributed by atoms with E-state index in [0.29, 0.717) is 11.6 Å². The summed E-state index contributed by atoms with van der Waals surface area (Å²) in [5, 5.41) is 3.32. The van der Waals surface area contributed by atoms with Crippen LogP contribution in [0.1, 0.15) is 18.4 Å². The molecule has 0 aliphatic heterocycles. The second kappa shape index (κ2) is 10.2. The maximum atomic E-state index is 13.3. The Labute approximate surface area is 192 Å². The van der Waals surface area contributed by atoms with Crippen molar-refractivity contribution in [3.8, 4) is 0 Å². The largest absolute Gasteiger partial charge is 0.354 e. The number of halogens is 2. The number of nitrogens with one attached hydrogen (secondary N) is 1. The molecule has 8 heteroatoms. The highest BCUT2D eigenvalue weighted by molar-refractivity contribution is 7.92. The van der Waals surface area contributed by atoms with Gasteiger partial charge in [-0.1, -0.05) is 78.7 Å². The minimum absolute atomic E-state index is 0.0755. The van der Waals surface area contributed by atoms with Crippen LogP contribution < -0.4 is 9.62 Å². The van der Waals surface area contributed by atoms with Crippen LogP contribution in [0.4, 0.5) is 5.69 Å². The van der Waals surface area contributed by atoms with Crippen LogP contribution in [0, 0.1) is 0 Å². The summed E-state index contributed by atoms with van der Waals surface area (Å²) in [6.07, 6.45) is 0. The van der Waals surface area contributed by atoms with Crippen LogP contribution in [0.2, 0.25) is 10.0 Å².